The maximum absolute atomic E-state index is 12.7. The molecule has 2 aliphatic rings. The first-order valence-electron chi connectivity index (χ1n) is 10.3. The second-order valence-electron chi connectivity index (χ2n) is 8.64. The molecule has 3 heterocycles. The number of carbonyl (C=O) groups excluding carboxylic acids is 2. The number of hydrogen-bond donors (Lipinski definition) is 3. The molecule has 1 unspecified atom stereocenters. The van der Waals surface area contributed by atoms with Crippen molar-refractivity contribution in [2.75, 3.05) is 0 Å². The van der Waals surface area contributed by atoms with Crippen LogP contribution in [0.5, 0.6) is 0 Å². The van der Waals surface area contributed by atoms with Crippen LogP contribution in [-0.4, -0.2) is 39.4 Å². The van der Waals surface area contributed by atoms with Crippen LogP contribution < -0.4 is 5.32 Å². The largest absolute Gasteiger partial charge is 0.475 e. The van der Waals surface area contributed by atoms with Crippen molar-refractivity contribution in [3.63, 3.8) is 0 Å². The average Bonchev–Trinajstić information content (AvgIpc) is 3.13. The number of nitrogens with zero attached hydrogens (tertiary/aromatic N) is 1. The van der Waals surface area contributed by atoms with Crippen LogP contribution in [0.3, 0.4) is 0 Å². The van der Waals surface area contributed by atoms with Gasteiger partial charge in [0.1, 0.15) is 5.58 Å². The molecule has 3 aromatic rings. The molecule has 7 nitrogen and oxygen atoms in total. The van der Waals surface area contributed by atoms with Crippen LogP contribution in [0, 0.1) is 5.41 Å². The van der Waals surface area contributed by atoms with Gasteiger partial charge in [0.2, 0.25) is 5.91 Å². The molecule has 0 saturated heterocycles. The van der Waals surface area contributed by atoms with Gasteiger partial charge in [-0.25, -0.2) is 0 Å². The van der Waals surface area contributed by atoms with Crippen molar-refractivity contribution < 1.29 is 24.1 Å². The number of ketones is 1. The van der Waals surface area contributed by atoms with Gasteiger partial charge in [-0.15, -0.1) is 0 Å². The van der Waals surface area contributed by atoms with Gasteiger partial charge in [-0.2, -0.15) is 0 Å². The summed E-state index contributed by atoms with van der Waals surface area (Å²) in [7, 11) is -1.72. The molecule has 8 heteroatoms. The smallest absolute Gasteiger partial charge is 0.464 e. The lowest BCUT2D eigenvalue weighted by molar-refractivity contribution is -0.120. The van der Waals surface area contributed by atoms with E-state index in [4.69, 9.17) is 4.42 Å². The fourth-order valence-electron chi connectivity index (χ4n) is 4.57. The monoisotopic (exact) mass is 406 g/mol. The van der Waals surface area contributed by atoms with E-state index in [9.17, 15) is 19.6 Å². The molecule has 0 radical (unpaired) electrons. The summed E-state index contributed by atoms with van der Waals surface area (Å²) in [6.45, 7) is 0.835. The van der Waals surface area contributed by atoms with E-state index >= 15 is 0 Å². The molecule has 0 bridgehead atoms. The van der Waals surface area contributed by atoms with Crippen molar-refractivity contribution in [3.05, 3.63) is 59.6 Å². The summed E-state index contributed by atoms with van der Waals surface area (Å²) >= 11 is 0. The molecule has 1 fully saturated rings. The van der Waals surface area contributed by atoms with Gasteiger partial charge in [0, 0.05) is 24.5 Å². The normalized spacial score (nSPS) is 17.7. The van der Waals surface area contributed by atoms with Crippen LogP contribution in [0.1, 0.15) is 40.9 Å². The Labute approximate surface area is 173 Å². The summed E-state index contributed by atoms with van der Waals surface area (Å²) in [5.74, 6) is -1.15. The van der Waals surface area contributed by atoms with Crippen molar-refractivity contribution in [3.8, 4) is 0 Å². The van der Waals surface area contributed by atoms with E-state index in [0.717, 1.165) is 30.3 Å². The minimum absolute atomic E-state index is 0.0242. The zero-order valence-corrected chi connectivity index (χ0v) is 16.5. The van der Waals surface area contributed by atoms with Gasteiger partial charge in [0.15, 0.2) is 5.78 Å². The third kappa shape index (κ3) is 3.46. The Balaban J connectivity index is 1.29. The van der Waals surface area contributed by atoms with Gasteiger partial charge in [0.25, 0.3) is 0 Å². The number of amides is 1. The van der Waals surface area contributed by atoms with Crippen molar-refractivity contribution in [1.29, 1.82) is 0 Å². The van der Waals surface area contributed by atoms with Gasteiger partial charge in [-0.1, -0.05) is 18.2 Å². The van der Waals surface area contributed by atoms with Gasteiger partial charge in [0.05, 0.1) is 24.3 Å². The fraction of sp³-hybridized carbons (Fsp3) is 0.364. The highest BCUT2D eigenvalue weighted by Gasteiger charge is 2.48. The minimum Gasteiger partial charge on any atom is -0.464 e. The van der Waals surface area contributed by atoms with Gasteiger partial charge in [-0.3, -0.25) is 9.59 Å². The van der Waals surface area contributed by atoms with Crippen LogP contribution in [0.25, 0.3) is 11.0 Å². The summed E-state index contributed by atoms with van der Waals surface area (Å²) < 4.78 is 7.47. The van der Waals surface area contributed by atoms with Crippen molar-refractivity contribution in [2.24, 2.45) is 5.41 Å². The standard InChI is InChI=1S/C22H23BN2O5/c26-17-11-22(6-7-22)13-25-8-5-14(21(17)25)10-20(27)24-19(23(28)29)9-15-12-30-18-4-2-1-3-16(15)18/h1-5,8,12,19,28-29H,6-7,9-11,13H2,(H,24,27). The molecule has 1 atom stereocenters. The highest BCUT2D eigenvalue weighted by molar-refractivity contribution is 6.43. The lowest BCUT2D eigenvalue weighted by Crippen LogP contribution is -2.48. The molecular weight excluding hydrogens is 383 g/mol. The van der Waals surface area contributed by atoms with Crippen LogP contribution in [0.4, 0.5) is 0 Å². The van der Waals surface area contributed by atoms with E-state index in [0.29, 0.717) is 23.3 Å². The zero-order chi connectivity index (χ0) is 20.9. The van der Waals surface area contributed by atoms with Crippen LogP contribution in [0.15, 0.2) is 47.2 Å². The van der Waals surface area contributed by atoms with Crippen LogP contribution in [-0.2, 0) is 24.2 Å². The summed E-state index contributed by atoms with van der Waals surface area (Å²) in [5, 5.41) is 23.2. The van der Waals surface area contributed by atoms with Crippen molar-refractivity contribution in [1.82, 2.24) is 9.88 Å². The van der Waals surface area contributed by atoms with Crippen LogP contribution >= 0.6 is 0 Å². The Morgan fingerprint density at radius 3 is 2.80 bits per heavy atom. The first-order chi connectivity index (χ1) is 14.4. The number of carbonyl (C=O) groups is 2. The average molecular weight is 406 g/mol. The molecule has 1 saturated carbocycles. The number of hydrogen-bond acceptors (Lipinski definition) is 5. The quantitative estimate of drug-likeness (QED) is 0.543. The number of nitrogens with one attached hydrogen (secondary N) is 1. The molecule has 2 aromatic heterocycles. The van der Waals surface area contributed by atoms with Crippen LogP contribution in [0.2, 0.25) is 0 Å². The maximum Gasteiger partial charge on any atom is 0.475 e. The van der Waals surface area contributed by atoms with E-state index in [1.165, 1.54) is 0 Å². The fourth-order valence-corrected chi connectivity index (χ4v) is 4.57. The second kappa shape index (κ2) is 7.14. The Morgan fingerprint density at radius 2 is 2.03 bits per heavy atom. The Bertz CT molecular complexity index is 1130. The number of fused-ring (bicyclic) bond motifs is 2. The van der Waals surface area contributed by atoms with Crippen molar-refractivity contribution in [2.45, 2.75) is 44.6 Å². The number of para-hydroxylation sites is 1. The Hall–Kier alpha value is -2.84. The lowest BCUT2D eigenvalue weighted by atomic mass is 9.75. The molecule has 1 spiro atoms. The predicted molar refractivity (Wildman–Crippen MR) is 111 cm³/mol. The molecular formula is C22H23BN2O5. The lowest BCUT2D eigenvalue weighted by Gasteiger charge is -2.24. The zero-order valence-electron chi connectivity index (χ0n) is 16.5. The van der Waals surface area contributed by atoms with Gasteiger partial charge >= 0.3 is 7.12 Å². The van der Waals surface area contributed by atoms with Gasteiger partial charge < -0.3 is 24.3 Å². The highest BCUT2D eigenvalue weighted by atomic mass is 16.4. The SMILES string of the molecule is O=C(Cc1ccn2c1C(=O)CC1(CC1)C2)NC(Cc1coc2ccccc12)B(O)O. The van der Waals surface area contributed by atoms with Crippen molar-refractivity contribution >= 4 is 29.8 Å². The van der Waals surface area contributed by atoms with E-state index in [2.05, 4.69) is 5.32 Å². The summed E-state index contributed by atoms with van der Waals surface area (Å²) in [5.41, 5.74) is 2.94. The number of aromatic nitrogens is 1. The molecule has 1 aromatic carbocycles. The summed E-state index contributed by atoms with van der Waals surface area (Å²) in [4.78, 5) is 25.3. The number of furan rings is 1. The Morgan fingerprint density at radius 1 is 1.23 bits per heavy atom. The molecule has 5 rings (SSSR count). The third-order valence-corrected chi connectivity index (χ3v) is 6.37. The van der Waals surface area contributed by atoms with E-state index < -0.39 is 13.1 Å². The number of rotatable bonds is 6. The van der Waals surface area contributed by atoms with Gasteiger partial charge in [-0.05, 0) is 47.9 Å². The molecule has 1 aliphatic carbocycles. The molecule has 30 heavy (non-hydrogen) atoms. The molecule has 1 aliphatic heterocycles. The number of Topliss-reactive ketones (excluding diaryl/α,β-unsaturated/α-hetero) is 1. The van der Waals surface area contributed by atoms with E-state index in [1.54, 1.807) is 6.26 Å². The first kappa shape index (κ1) is 19.1. The third-order valence-electron chi connectivity index (χ3n) is 6.37. The maximum atomic E-state index is 12.7. The van der Waals surface area contributed by atoms with E-state index in [1.807, 2.05) is 41.1 Å². The molecule has 154 valence electrons. The minimum atomic E-state index is -1.72. The molecule has 1 amide bonds. The van der Waals surface area contributed by atoms with E-state index in [-0.39, 0.29) is 29.9 Å². The highest BCUT2D eigenvalue weighted by Crippen LogP contribution is 2.53. The predicted octanol–water partition coefficient (Wildman–Crippen LogP) is 1.88. The molecule has 3 N–H and O–H groups in total. The Kier molecular flexibility index (Phi) is 4.56. The second-order valence-corrected chi connectivity index (χ2v) is 8.64. The summed E-state index contributed by atoms with van der Waals surface area (Å²) in [6, 6.07) is 9.29. The summed E-state index contributed by atoms with van der Waals surface area (Å²) in [6.07, 6.45) is 6.42. The first-order valence-corrected chi connectivity index (χ1v) is 10.3. The number of benzene rings is 1. The topological polar surface area (TPSA) is 105 Å².